The van der Waals surface area contributed by atoms with Gasteiger partial charge < -0.3 is 15.0 Å². The van der Waals surface area contributed by atoms with Crippen LogP contribution in [0.2, 0.25) is 0 Å². The molecule has 0 saturated carbocycles. The second kappa shape index (κ2) is 8.37. The Labute approximate surface area is 162 Å². The average molecular weight is 434 g/mol. The second-order valence-electron chi connectivity index (χ2n) is 5.41. The summed E-state index contributed by atoms with van der Waals surface area (Å²) < 4.78 is 6.20. The maximum Gasteiger partial charge on any atom is 0.259 e. The minimum Gasteiger partial charge on any atom is -0.496 e. The monoisotopic (exact) mass is 433 g/mol. The number of nitrogens with zero attached hydrogens (tertiary/aromatic N) is 1. The van der Waals surface area contributed by atoms with E-state index in [0.29, 0.717) is 28.4 Å². The number of carbonyl (C=O) groups excluding carboxylic acids is 1. The molecule has 1 aromatic heterocycles. The van der Waals surface area contributed by atoms with E-state index in [0.717, 1.165) is 10.0 Å². The van der Waals surface area contributed by atoms with Gasteiger partial charge in [-0.2, -0.15) is 0 Å². The van der Waals surface area contributed by atoms with E-state index < -0.39 is 0 Å². The molecule has 3 aromatic rings. The molecule has 0 saturated heterocycles. The van der Waals surface area contributed by atoms with Crippen LogP contribution in [0.15, 0.2) is 56.9 Å². The number of methoxy groups -OCH3 is 1. The summed E-state index contributed by atoms with van der Waals surface area (Å²) in [5.41, 5.74) is 1.27. The van der Waals surface area contributed by atoms with Crippen LogP contribution in [-0.4, -0.2) is 28.7 Å². The van der Waals surface area contributed by atoms with Gasteiger partial charge in [0.2, 0.25) is 5.91 Å². The lowest BCUT2D eigenvalue weighted by Crippen LogP contribution is -2.25. The van der Waals surface area contributed by atoms with Crippen molar-refractivity contribution in [1.29, 1.82) is 0 Å². The lowest BCUT2D eigenvalue weighted by Gasteiger charge is -2.10. The highest BCUT2D eigenvalue weighted by atomic mass is 79.9. The summed E-state index contributed by atoms with van der Waals surface area (Å²) in [6.07, 6.45) is 0. The number of halogens is 1. The molecule has 0 aliphatic heterocycles. The molecule has 0 aliphatic rings. The average Bonchev–Trinajstić information content (AvgIpc) is 2.65. The van der Waals surface area contributed by atoms with Gasteiger partial charge in [-0.15, -0.1) is 0 Å². The number of benzene rings is 2. The van der Waals surface area contributed by atoms with Crippen molar-refractivity contribution in [3.8, 4) is 5.75 Å². The summed E-state index contributed by atoms with van der Waals surface area (Å²) in [6, 6.07) is 12.7. The third-order valence-electron chi connectivity index (χ3n) is 3.65. The summed E-state index contributed by atoms with van der Waals surface area (Å²) in [5, 5.41) is 3.79. The van der Waals surface area contributed by atoms with E-state index in [1.54, 1.807) is 25.3 Å². The highest BCUT2D eigenvalue weighted by Crippen LogP contribution is 2.23. The number of hydrogen-bond acceptors (Lipinski definition) is 5. The Kier molecular flexibility index (Phi) is 5.95. The molecule has 2 aromatic carbocycles. The van der Waals surface area contributed by atoms with Gasteiger partial charge in [-0.1, -0.05) is 39.8 Å². The van der Waals surface area contributed by atoms with E-state index >= 15 is 0 Å². The number of nitrogens with one attached hydrogen (secondary N) is 2. The molecule has 8 heteroatoms. The molecule has 0 atom stereocenters. The SMILES string of the molecule is COc1ccc(Br)cc1CNC(=O)CSc1nc2ccccc2c(=O)[nH]1. The van der Waals surface area contributed by atoms with Crippen LogP contribution < -0.4 is 15.6 Å². The van der Waals surface area contributed by atoms with Gasteiger partial charge in [-0.25, -0.2) is 4.98 Å². The molecule has 0 unspecified atom stereocenters. The molecule has 6 nitrogen and oxygen atoms in total. The number of aromatic nitrogens is 2. The Balaban J connectivity index is 1.61. The van der Waals surface area contributed by atoms with E-state index in [4.69, 9.17) is 4.74 Å². The van der Waals surface area contributed by atoms with Crippen molar-refractivity contribution in [2.45, 2.75) is 11.7 Å². The van der Waals surface area contributed by atoms with Crippen LogP contribution in [0.5, 0.6) is 5.75 Å². The molecule has 26 heavy (non-hydrogen) atoms. The Morgan fingerprint density at radius 2 is 2.12 bits per heavy atom. The fourth-order valence-electron chi connectivity index (χ4n) is 2.40. The van der Waals surface area contributed by atoms with Gasteiger partial charge in [-0.3, -0.25) is 9.59 Å². The summed E-state index contributed by atoms with van der Waals surface area (Å²) in [4.78, 5) is 31.2. The molecule has 0 aliphatic carbocycles. The van der Waals surface area contributed by atoms with Crippen molar-refractivity contribution < 1.29 is 9.53 Å². The van der Waals surface area contributed by atoms with E-state index in [-0.39, 0.29) is 17.2 Å². The van der Waals surface area contributed by atoms with Crippen molar-refractivity contribution in [3.05, 3.63) is 62.9 Å². The van der Waals surface area contributed by atoms with Crippen LogP contribution in [0.4, 0.5) is 0 Å². The lowest BCUT2D eigenvalue weighted by molar-refractivity contribution is -0.118. The van der Waals surface area contributed by atoms with Crippen molar-refractivity contribution >= 4 is 44.5 Å². The standard InChI is InChI=1S/C18H16BrN3O3S/c1-25-15-7-6-12(19)8-11(15)9-20-16(23)10-26-18-21-14-5-3-2-4-13(14)17(24)22-18/h2-8H,9-10H2,1H3,(H,20,23)(H,21,22,24). The predicted octanol–water partition coefficient (Wildman–Crippen LogP) is 3.10. The zero-order chi connectivity index (χ0) is 18.5. The number of rotatable bonds is 6. The maximum atomic E-state index is 12.1. The summed E-state index contributed by atoms with van der Waals surface area (Å²) in [5.74, 6) is 0.701. The van der Waals surface area contributed by atoms with Crippen molar-refractivity contribution in [3.63, 3.8) is 0 Å². The molecule has 0 spiro atoms. The largest absolute Gasteiger partial charge is 0.496 e. The molecule has 0 bridgehead atoms. The van der Waals surface area contributed by atoms with E-state index in [2.05, 4.69) is 31.2 Å². The number of aromatic amines is 1. The molecule has 2 N–H and O–H groups in total. The quantitative estimate of drug-likeness (QED) is 0.460. The number of ether oxygens (including phenoxy) is 1. The molecular formula is C18H16BrN3O3S. The first-order valence-corrected chi connectivity index (χ1v) is 9.55. The van der Waals surface area contributed by atoms with Crippen molar-refractivity contribution in [1.82, 2.24) is 15.3 Å². The Hall–Kier alpha value is -2.32. The predicted molar refractivity (Wildman–Crippen MR) is 106 cm³/mol. The lowest BCUT2D eigenvalue weighted by atomic mass is 10.2. The number of amides is 1. The molecule has 0 fully saturated rings. The van der Waals surface area contributed by atoms with Gasteiger partial charge >= 0.3 is 0 Å². The van der Waals surface area contributed by atoms with Gasteiger partial charge in [0.05, 0.1) is 23.8 Å². The third-order valence-corrected chi connectivity index (χ3v) is 5.02. The van der Waals surface area contributed by atoms with E-state index in [9.17, 15) is 9.59 Å². The number of para-hydroxylation sites is 1. The fraction of sp³-hybridized carbons (Fsp3) is 0.167. The van der Waals surface area contributed by atoms with Gasteiger partial charge in [0.1, 0.15) is 5.75 Å². The molecule has 3 rings (SSSR count). The van der Waals surface area contributed by atoms with Gasteiger partial charge in [0, 0.05) is 16.6 Å². The van der Waals surface area contributed by atoms with Crippen molar-refractivity contribution in [2.75, 3.05) is 12.9 Å². The number of hydrogen-bond donors (Lipinski definition) is 2. The number of H-pyrrole nitrogens is 1. The van der Waals surface area contributed by atoms with Crippen LogP contribution in [0.3, 0.4) is 0 Å². The topological polar surface area (TPSA) is 84.1 Å². The summed E-state index contributed by atoms with van der Waals surface area (Å²) in [6.45, 7) is 0.351. The van der Waals surface area contributed by atoms with Gasteiger partial charge in [0.25, 0.3) is 5.56 Å². The normalized spacial score (nSPS) is 10.7. The van der Waals surface area contributed by atoms with Crippen LogP contribution >= 0.6 is 27.7 Å². The maximum absolute atomic E-state index is 12.1. The highest BCUT2D eigenvalue weighted by Gasteiger charge is 2.09. The first kappa shape index (κ1) is 18.5. The summed E-state index contributed by atoms with van der Waals surface area (Å²) >= 11 is 4.59. The first-order chi connectivity index (χ1) is 12.6. The van der Waals surface area contributed by atoms with Crippen molar-refractivity contribution in [2.24, 2.45) is 0 Å². The molecule has 134 valence electrons. The van der Waals surface area contributed by atoms with Crippen LogP contribution in [0.1, 0.15) is 5.56 Å². The Morgan fingerprint density at radius 3 is 2.92 bits per heavy atom. The minimum atomic E-state index is -0.211. The minimum absolute atomic E-state index is 0.150. The number of carbonyl (C=O) groups is 1. The second-order valence-corrected chi connectivity index (χ2v) is 7.29. The van der Waals surface area contributed by atoms with Crippen LogP contribution in [-0.2, 0) is 11.3 Å². The van der Waals surface area contributed by atoms with Gasteiger partial charge in [-0.05, 0) is 30.3 Å². The molecule has 0 radical (unpaired) electrons. The molecule has 1 heterocycles. The highest BCUT2D eigenvalue weighted by molar-refractivity contribution is 9.10. The van der Waals surface area contributed by atoms with Gasteiger partial charge in [0.15, 0.2) is 5.16 Å². The smallest absolute Gasteiger partial charge is 0.259 e. The zero-order valence-electron chi connectivity index (χ0n) is 13.9. The van der Waals surface area contributed by atoms with E-state index in [1.807, 2.05) is 24.3 Å². The van der Waals surface area contributed by atoms with Crippen LogP contribution in [0, 0.1) is 0 Å². The Bertz CT molecular complexity index is 1010. The number of fused-ring (bicyclic) bond motifs is 1. The Morgan fingerprint density at radius 1 is 1.31 bits per heavy atom. The fourth-order valence-corrected chi connectivity index (χ4v) is 3.50. The number of thioether (sulfide) groups is 1. The van der Waals surface area contributed by atoms with Crippen LogP contribution in [0.25, 0.3) is 10.9 Å². The first-order valence-electron chi connectivity index (χ1n) is 7.78. The molecular weight excluding hydrogens is 418 g/mol. The summed E-state index contributed by atoms with van der Waals surface area (Å²) in [7, 11) is 1.59. The zero-order valence-corrected chi connectivity index (χ0v) is 16.3. The van der Waals surface area contributed by atoms with E-state index in [1.165, 1.54) is 11.8 Å². The molecule has 1 amide bonds. The third kappa shape index (κ3) is 4.44.